The van der Waals surface area contributed by atoms with E-state index in [9.17, 15) is 34.8 Å². The van der Waals surface area contributed by atoms with Gasteiger partial charge in [0.2, 0.25) is 5.78 Å². The van der Waals surface area contributed by atoms with Crippen LogP contribution in [0.1, 0.15) is 67.6 Å². The number of hydrogen-bond donors (Lipinski definition) is 4. The number of benzene rings is 1. The lowest BCUT2D eigenvalue weighted by Gasteiger charge is -2.50. The van der Waals surface area contributed by atoms with Crippen LogP contribution in [0.15, 0.2) is 22.7 Å². The van der Waals surface area contributed by atoms with Crippen LogP contribution in [0.2, 0.25) is 0 Å². The van der Waals surface area contributed by atoms with E-state index in [2.05, 4.69) is 0 Å². The van der Waals surface area contributed by atoms with Gasteiger partial charge in [0.15, 0.2) is 17.2 Å². The Morgan fingerprint density at radius 2 is 1.74 bits per heavy atom. The van der Waals surface area contributed by atoms with Crippen molar-refractivity contribution in [3.63, 3.8) is 0 Å². The van der Waals surface area contributed by atoms with E-state index >= 15 is 4.39 Å². The van der Waals surface area contributed by atoms with Crippen LogP contribution in [0.25, 0.3) is 0 Å². The van der Waals surface area contributed by atoms with Crippen molar-refractivity contribution in [2.75, 3.05) is 14.1 Å². The van der Waals surface area contributed by atoms with E-state index in [0.29, 0.717) is 11.1 Å². The van der Waals surface area contributed by atoms with Crippen molar-refractivity contribution in [2.45, 2.75) is 77.2 Å². The van der Waals surface area contributed by atoms with Crippen LogP contribution in [0.5, 0.6) is 5.75 Å². The van der Waals surface area contributed by atoms with E-state index in [0.717, 1.165) is 13.3 Å². The van der Waals surface area contributed by atoms with E-state index in [1.54, 1.807) is 14.1 Å². The summed E-state index contributed by atoms with van der Waals surface area (Å²) in [4.78, 5) is 43.2. The molecule has 0 spiro atoms. The number of hydrogen-bond acceptors (Lipinski definition) is 9. The molecule has 4 aliphatic rings. The quantitative estimate of drug-likeness (QED) is 0.423. The van der Waals surface area contributed by atoms with Crippen LogP contribution in [0.4, 0.5) is 4.39 Å². The zero-order valence-corrected chi connectivity index (χ0v) is 23.1. The predicted molar refractivity (Wildman–Crippen MR) is 139 cm³/mol. The summed E-state index contributed by atoms with van der Waals surface area (Å²) in [6.07, 6.45) is 0.696. The number of carbonyl (C=O) groups excluding carboxylic acids is 3. The van der Waals surface area contributed by atoms with Crippen molar-refractivity contribution in [1.82, 2.24) is 9.80 Å². The first-order valence-corrected chi connectivity index (χ1v) is 13.2. The highest BCUT2D eigenvalue weighted by atomic mass is 19.1. The summed E-state index contributed by atoms with van der Waals surface area (Å²) in [6.45, 7) is 7.66. The fourth-order valence-corrected chi connectivity index (χ4v) is 6.97. The average Bonchev–Trinajstić information content (AvgIpc) is 3.31. The van der Waals surface area contributed by atoms with Gasteiger partial charge in [-0.2, -0.15) is 0 Å². The van der Waals surface area contributed by atoms with Crippen LogP contribution in [-0.2, 0) is 29.1 Å². The molecule has 1 aromatic carbocycles. The van der Waals surface area contributed by atoms with Crippen molar-refractivity contribution in [2.24, 2.45) is 11.8 Å². The lowest BCUT2D eigenvalue weighted by atomic mass is 9.58. The Balaban J connectivity index is 1.68. The van der Waals surface area contributed by atoms with Gasteiger partial charge in [0, 0.05) is 46.8 Å². The third-order valence-electron chi connectivity index (χ3n) is 9.56. The minimum absolute atomic E-state index is 0.0445. The van der Waals surface area contributed by atoms with E-state index in [1.165, 1.54) is 4.90 Å². The molecule has 210 valence electrons. The van der Waals surface area contributed by atoms with Gasteiger partial charge < -0.3 is 20.4 Å². The summed E-state index contributed by atoms with van der Waals surface area (Å²) in [6, 6.07) is -1.02. The minimum atomic E-state index is -2.64. The summed E-state index contributed by atoms with van der Waals surface area (Å²) in [5.74, 6) is -7.04. The highest BCUT2D eigenvalue weighted by Crippen LogP contribution is 2.53. The second-order valence-electron chi connectivity index (χ2n) is 12.2. The second-order valence-corrected chi connectivity index (χ2v) is 12.2. The molecule has 0 unspecified atom stereocenters. The lowest BCUT2D eigenvalue weighted by Crippen LogP contribution is -2.63. The van der Waals surface area contributed by atoms with Gasteiger partial charge in [0.1, 0.15) is 28.7 Å². The van der Waals surface area contributed by atoms with Gasteiger partial charge in [0.05, 0.1) is 11.6 Å². The highest BCUT2D eigenvalue weighted by Gasteiger charge is 2.63. The molecule has 0 saturated heterocycles. The fraction of sp³-hybridized carbons (Fsp3) is 0.552. The number of halogens is 1. The molecule has 1 heterocycles. The number of Topliss-reactive ketones (excluding diaryl/α,β-unsaturated/α-hetero) is 3. The Morgan fingerprint density at radius 1 is 1.13 bits per heavy atom. The molecule has 5 rings (SSSR count). The van der Waals surface area contributed by atoms with Crippen molar-refractivity contribution >= 4 is 17.3 Å². The van der Waals surface area contributed by atoms with Gasteiger partial charge >= 0.3 is 0 Å². The van der Waals surface area contributed by atoms with Crippen molar-refractivity contribution in [3.05, 3.63) is 50.7 Å². The molecule has 39 heavy (non-hydrogen) atoms. The number of fused-ring (bicyclic) bond motifs is 4. The number of phenolic OH excluding ortho intramolecular Hbond substituents is 1. The average molecular weight is 543 g/mol. The normalized spacial score (nSPS) is 29.0. The van der Waals surface area contributed by atoms with Gasteiger partial charge in [-0.1, -0.05) is 6.92 Å². The summed E-state index contributed by atoms with van der Waals surface area (Å²) >= 11 is 0. The molecule has 0 radical (unpaired) electrons. The van der Waals surface area contributed by atoms with Gasteiger partial charge in [-0.25, -0.2) is 4.39 Å². The number of allylic oxidation sites excluding steroid dienone is 1. The van der Waals surface area contributed by atoms with Crippen LogP contribution < -0.4 is 0 Å². The molecule has 10 heteroatoms. The van der Waals surface area contributed by atoms with E-state index in [-0.39, 0.29) is 53.9 Å². The van der Waals surface area contributed by atoms with Crippen molar-refractivity contribution in [1.29, 1.82) is 0 Å². The smallest absolute Gasteiger partial charge is 0.209 e. The number of likely N-dealkylation sites (N-methyl/N-ethyl adjacent to an activating group) is 1. The van der Waals surface area contributed by atoms with Crippen LogP contribution in [0, 0.1) is 17.7 Å². The Bertz CT molecular complexity index is 1410. The first-order chi connectivity index (χ1) is 18.1. The molecule has 0 aromatic heterocycles. The SMILES string of the molecule is CCC(C)(C)N1Cc2c(O)c3c(c(F)c2C1)C[C@H]1C[C@H]2[C@H](N(C)C)C(O)=C(C(C)=O)C(=O)[C@@]2(O)C(O)=C1C3=O. The molecule has 0 bridgehead atoms. The Hall–Kier alpha value is -3.08. The number of carbonyl (C=O) groups is 3. The monoisotopic (exact) mass is 542 g/mol. The second kappa shape index (κ2) is 8.71. The largest absolute Gasteiger partial charge is 0.510 e. The number of aliphatic hydroxyl groups is 3. The number of nitrogens with zero attached hydrogens (tertiary/aromatic N) is 2. The number of aliphatic hydroxyl groups excluding tert-OH is 2. The van der Waals surface area contributed by atoms with Crippen molar-refractivity contribution < 1.29 is 39.2 Å². The third kappa shape index (κ3) is 3.50. The topological polar surface area (TPSA) is 139 Å². The molecule has 0 saturated carbocycles. The highest BCUT2D eigenvalue weighted by molar-refractivity contribution is 6.25. The number of rotatable bonds is 4. The maximum atomic E-state index is 16.0. The Kier molecular flexibility index (Phi) is 6.14. The molecule has 0 amide bonds. The van der Waals surface area contributed by atoms with E-state index in [1.807, 2.05) is 25.7 Å². The predicted octanol–water partition coefficient (Wildman–Crippen LogP) is 2.87. The number of aromatic hydroxyl groups is 1. The summed E-state index contributed by atoms with van der Waals surface area (Å²) in [5, 5.41) is 45.3. The summed E-state index contributed by atoms with van der Waals surface area (Å²) < 4.78 is 16.0. The molecule has 4 N–H and O–H groups in total. The van der Waals surface area contributed by atoms with Gasteiger partial charge in [0.25, 0.3) is 0 Å². The number of ketones is 3. The number of phenols is 1. The van der Waals surface area contributed by atoms with Gasteiger partial charge in [-0.15, -0.1) is 0 Å². The Labute approximate surface area is 226 Å². The maximum Gasteiger partial charge on any atom is 0.209 e. The Morgan fingerprint density at radius 3 is 2.31 bits per heavy atom. The van der Waals surface area contributed by atoms with Gasteiger partial charge in [-0.05, 0) is 60.0 Å². The first-order valence-electron chi connectivity index (χ1n) is 13.2. The molecule has 9 nitrogen and oxygen atoms in total. The molecule has 0 fully saturated rings. The first kappa shape index (κ1) is 27.5. The standard InChI is InChI=1S/C29H35FN2O7/c1-7-28(3,4)32-10-15-16(11-32)23(34)20-14(21(15)30)8-13-9-17-22(31(5)6)25(36)18(12(2)33)26(37)29(17,39)27(38)19(13)24(20)35/h13,17,22,34,36,38-39H,7-11H2,1-6H3/t13-,17-,22-,29+/m0/s1. The maximum absolute atomic E-state index is 16.0. The molecule has 3 aliphatic carbocycles. The molecule has 1 aromatic rings. The molecule has 1 aliphatic heterocycles. The minimum Gasteiger partial charge on any atom is -0.510 e. The summed E-state index contributed by atoms with van der Waals surface area (Å²) in [7, 11) is 3.19. The van der Waals surface area contributed by atoms with E-state index < -0.39 is 63.7 Å². The fourth-order valence-electron chi connectivity index (χ4n) is 6.97. The summed E-state index contributed by atoms with van der Waals surface area (Å²) in [5.41, 5.74) is -3.38. The molecule has 4 atom stereocenters. The zero-order valence-electron chi connectivity index (χ0n) is 23.1. The van der Waals surface area contributed by atoms with Gasteiger partial charge in [-0.3, -0.25) is 24.2 Å². The van der Waals surface area contributed by atoms with Crippen LogP contribution >= 0.6 is 0 Å². The zero-order chi connectivity index (χ0) is 28.9. The van der Waals surface area contributed by atoms with Crippen LogP contribution in [0.3, 0.4) is 0 Å². The lowest BCUT2D eigenvalue weighted by molar-refractivity contribution is -0.148. The molecular weight excluding hydrogens is 507 g/mol. The van der Waals surface area contributed by atoms with Crippen molar-refractivity contribution in [3.8, 4) is 5.75 Å². The van der Waals surface area contributed by atoms with E-state index in [4.69, 9.17) is 0 Å². The molecular formula is C29H35FN2O7. The van der Waals surface area contributed by atoms with Crippen LogP contribution in [-0.4, -0.2) is 78.9 Å². The third-order valence-corrected chi connectivity index (χ3v) is 9.56.